The molecule has 0 aliphatic rings. The number of rotatable bonds is 5. The van der Waals surface area contributed by atoms with Crippen molar-refractivity contribution in [1.82, 2.24) is 0 Å². The van der Waals surface area contributed by atoms with Crippen molar-refractivity contribution in [1.29, 1.82) is 0 Å². The number of benzene rings is 1. The summed E-state index contributed by atoms with van der Waals surface area (Å²) in [5.74, 6) is 0.956. The first-order chi connectivity index (χ1) is 6.64. The average molecular weight is 257 g/mol. The van der Waals surface area contributed by atoms with Crippen LogP contribution in [0.2, 0.25) is 0 Å². The maximum absolute atomic E-state index is 5.62. The molecule has 0 unspecified atom stereocenters. The summed E-state index contributed by atoms with van der Waals surface area (Å²) in [4.78, 5) is 0. The third-order valence-electron chi connectivity index (χ3n) is 2.15. The average Bonchev–Trinajstić information content (AvgIpc) is 2.19. The largest absolute Gasteiger partial charge is 0.494 e. The van der Waals surface area contributed by atoms with Crippen LogP contribution in [0.3, 0.4) is 0 Å². The number of ether oxygens (including phenoxy) is 1. The number of halogens is 1. The van der Waals surface area contributed by atoms with Crippen LogP contribution in [0.25, 0.3) is 0 Å². The topological polar surface area (TPSA) is 9.23 Å². The highest BCUT2D eigenvalue weighted by molar-refractivity contribution is 9.09. The number of para-hydroxylation sites is 1. The fourth-order valence-corrected chi connectivity index (χ4v) is 1.31. The molecule has 1 aromatic carbocycles. The fourth-order valence-electron chi connectivity index (χ4n) is 1.03. The molecule has 78 valence electrons. The second-order valence-electron chi connectivity index (χ2n) is 4.21. The van der Waals surface area contributed by atoms with E-state index in [2.05, 4.69) is 29.8 Å². The van der Waals surface area contributed by atoms with Crippen molar-refractivity contribution in [3.63, 3.8) is 0 Å². The summed E-state index contributed by atoms with van der Waals surface area (Å²) in [5, 5.41) is 1.01. The summed E-state index contributed by atoms with van der Waals surface area (Å²) in [6, 6.07) is 9.95. The van der Waals surface area contributed by atoms with Crippen LogP contribution in [0.5, 0.6) is 5.75 Å². The van der Waals surface area contributed by atoms with E-state index >= 15 is 0 Å². The molecule has 0 spiro atoms. The summed E-state index contributed by atoms with van der Waals surface area (Å²) in [7, 11) is 0. The Morgan fingerprint density at radius 3 is 2.43 bits per heavy atom. The number of hydrogen-bond acceptors (Lipinski definition) is 1. The standard InChI is InChI=1S/C12H17BrO/c1-12(2,10-13)8-9-14-11-6-4-3-5-7-11/h3-7H,8-10H2,1-2H3. The van der Waals surface area contributed by atoms with E-state index < -0.39 is 0 Å². The van der Waals surface area contributed by atoms with E-state index in [1.165, 1.54) is 0 Å². The van der Waals surface area contributed by atoms with Crippen LogP contribution in [0.15, 0.2) is 30.3 Å². The van der Waals surface area contributed by atoms with E-state index in [9.17, 15) is 0 Å². The molecule has 0 aliphatic heterocycles. The molecule has 0 atom stereocenters. The molecule has 1 rings (SSSR count). The second-order valence-corrected chi connectivity index (χ2v) is 4.77. The monoisotopic (exact) mass is 256 g/mol. The Balaban J connectivity index is 2.29. The predicted molar refractivity (Wildman–Crippen MR) is 64.1 cm³/mol. The van der Waals surface area contributed by atoms with Crippen molar-refractivity contribution in [2.75, 3.05) is 11.9 Å². The number of alkyl halides is 1. The van der Waals surface area contributed by atoms with Crippen LogP contribution >= 0.6 is 15.9 Å². The molecule has 0 fully saturated rings. The van der Waals surface area contributed by atoms with Gasteiger partial charge in [0.2, 0.25) is 0 Å². The molecule has 0 aliphatic carbocycles. The SMILES string of the molecule is CC(C)(CBr)CCOc1ccccc1. The van der Waals surface area contributed by atoms with Crippen LogP contribution in [0.1, 0.15) is 20.3 Å². The first-order valence-corrected chi connectivity index (χ1v) is 6.00. The molecule has 1 nitrogen and oxygen atoms in total. The molecule has 0 N–H and O–H groups in total. The van der Waals surface area contributed by atoms with Gasteiger partial charge in [-0.15, -0.1) is 0 Å². The molecule has 0 amide bonds. The van der Waals surface area contributed by atoms with E-state index in [4.69, 9.17) is 4.74 Å². The molecule has 0 saturated heterocycles. The van der Waals surface area contributed by atoms with Crippen LogP contribution in [0.4, 0.5) is 0 Å². The highest BCUT2D eigenvalue weighted by atomic mass is 79.9. The van der Waals surface area contributed by atoms with Crippen molar-refractivity contribution in [3.05, 3.63) is 30.3 Å². The van der Waals surface area contributed by atoms with Crippen LogP contribution in [-0.4, -0.2) is 11.9 Å². The Kier molecular flexibility index (Phi) is 4.46. The molecule has 2 heteroatoms. The van der Waals surface area contributed by atoms with Gasteiger partial charge in [-0.25, -0.2) is 0 Å². The minimum Gasteiger partial charge on any atom is -0.494 e. The molecule has 1 aromatic rings. The summed E-state index contributed by atoms with van der Waals surface area (Å²) < 4.78 is 5.62. The van der Waals surface area contributed by atoms with Gasteiger partial charge in [0.05, 0.1) is 6.61 Å². The van der Waals surface area contributed by atoms with Gasteiger partial charge in [0.25, 0.3) is 0 Å². The minimum absolute atomic E-state index is 0.314. The summed E-state index contributed by atoms with van der Waals surface area (Å²) in [6.45, 7) is 5.24. The van der Waals surface area contributed by atoms with E-state index in [0.717, 1.165) is 24.1 Å². The second kappa shape index (κ2) is 5.40. The van der Waals surface area contributed by atoms with Gasteiger partial charge in [-0.2, -0.15) is 0 Å². The molecular weight excluding hydrogens is 240 g/mol. The summed E-state index contributed by atoms with van der Waals surface area (Å²) in [6.07, 6.45) is 1.06. The molecule has 0 bridgehead atoms. The number of hydrogen-bond donors (Lipinski definition) is 0. The maximum atomic E-state index is 5.62. The summed E-state index contributed by atoms with van der Waals surface area (Å²) in [5.41, 5.74) is 0.314. The molecule has 14 heavy (non-hydrogen) atoms. The van der Waals surface area contributed by atoms with Gasteiger partial charge in [-0.05, 0) is 24.0 Å². The highest BCUT2D eigenvalue weighted by Crippen LogP contribution is 2.23. The lowest BCUT2D eigenvalue weighted by molar-refractivity contribution is 0.247. The smallest absolute Gasteiger partial charge is 0.119 e. The van der Waals surface area contributed by atoms with Crippen molar-refractivity contribution < 1.29 is 4.74 Å². The van der Waals surface area contributed by atoms with Crippen molar-refractivity contribution in [2.24, 2.45) is 5.41 Å². The Morgan fingerprint density at radius 2 is 1.86 bits per heavy atom. The van der Waals surface area contributed by atoms with E-state index in [1.54, 1.807) is 0 Å². The Morgan fingerprint density at radius 1 is 1.21 bits per heavy atom. The van der Waals surface area contributed by atoms with Gasteiger partial charge < -0.3 is 4.74 Å². The third kappa shape index (κ3) is 4.14. The normalized spacial score (nSPS) is 11.4. The van der Waals surface area contributed by atoms with Crippen LogP contribution in [-0.2, 0) is 0 Å². The van der Waals surface area contributed by atoms with Gasteiger partial charge in [0.15, 0.2) is 0 Å². The van der Waals surface area contributed by atoms with Gasteiger partial charge in [-0.1, -0.05) is 48.0 Å². The minimum atomic E-state index is 0.314. The Hall–Kier alpha value is -0.500. The van der Waals surface area contributed by atoms with Gasteiger partial charge in [-0.3, -0.25) is 0 Å². The summed E-state index contributed by atoms with van der Waals surface area (Å²) >= 11 is 3.50. The highest BCUT2D eigenvalue weighted by Gasteiger charge is 2.15. The fraction of sp³-hybridized carbons (Fsp3) is 0.500. The van der Waals surface area contributed by atoms with Crippen LogP contribution in [0, 0.1) is 5.41 Å². The third-order valence-corrected chi connectivity index (χ3v) is 3.67. The Labute approximate surface area is 94.6 Å². The Bertz CT molecular complexity index is 256. The van der Waals surface area contributed by atoms with Gasteiger partial charge >= 0.3 is 0 Å². The molecule has 0 radical (unpaired) electrons. The first kappa shape index (κ1) is 11.6. The maximum Gasteiger partial charge on any atom is 0.119 e. The zero-order chi connectivity index (χ0) is 10.4. The lowest BCUT2D eigenvalue weighted by Crippen LogP contribution is -2.17. The van der Waals surface area contributed by atoms with Crippen LogP contribution < -0.4 is 4.74 Å². The van der Waals surface area contributed by atoms with E-state index in [-0.39, 0.29) is 0 Å². The van der Waals surface area contributed by atoms with Gasteiger partial charge in [0.1, 0.15) is 5.75 Å². The molecule has 0 aromatic heterocycles. The molecule has 0 heterocycles. The lowest BCUT2D eigenvalue weighted by atomic mass is 9.93. The van der Waals surface area contributed by atoms with Crippen molar-refractivity contribution >= 4 is 15.9 Å². The van der Waals surface area contributed by atoms with Crippen molar-refractivity contribution in [3.8, 4) is 5.75 Å². The van der Waals surface area contributed by atoms with E-state index in [0.29, 0.717) is 5.41 Å². The van der Waals surface area contributed by atoms with E-state index in [1.807, 2.05) is 30.3 Å². The predicted octanol–water partition coefficient (Wildman–Crippen LogP) is 3.88. The lowest BCUT2D eigenvalue weighted by Gasteiger charge is -2.21. The molecule has 0 saturated carbocycles. The van der Waals surface area contributed by atoms with Crippen molar-refractivity contribution in [2.45, 2.75) is 20.3 Å². The quantitative estimate of drug-likeness (QED) is 0.727. The first-order valence-electron chi connectivity index (χ1n) is 4.88. The molecular formula is C12H17BrO. The zero-order valence-corrected chi connectivity index (χ0v) is 10.4. The zero-order valence-electron chi connectivity index (χ0n) is 8.79. The van der Waals surface area contributed by atoms with Gasteiger partial charge in [0, 0.05) is 5.33 Å².